The Morgan fingerprint density at radius 3 is 2.32 bits per heavy atom. The third-order valence-corrected chi connectivity index (χ3v) is 2.64. The molecule has 1 heterocycles. The molecule has 0 fully saturated rings. The summed E-state index contributed by atoms with van der Waals surface area (Å²) in [5.74, 6) is 0.275. The predicted octanol–water partition coefficient (Wildman–Crippen LogP) is 2.56. The highest BCUT2D eigenvalue weighted by atomic mass is 19.4. The van der Waals surface area contributed by atoms with Crippen LogP contribution in [0.4, 0.5) is 13.2 Å². The first-order valence-corrected chi connectivity index (χ1v) is 5.23. The standard InChI is InChI=1S/C12H10F3NO3/c1-18-6-3-8-11(9(4-6)19-2)7(12(13,14)15)5-10(17)16-8/h3-5H,1-2H3,(H,16,17). The number of halogens is 3. The zero-order valence-corrected chi connectivity index (χ0v) is 10.1. The van der Waals surface area contributed by atoms with E-state index in [0.717, 1.165) is 0 Å². The minimum absolute atomic E-state index is 0.0102. The number of benzene rings is 1. The quantitative estimate of drug-likeness (QED) is 0.914. The van der Waals surface area contributed by atoms with Crippen LogP contribution in [-0.2, 0) is 6.18 Å². The number of H-pyrrole nitrogens is 1. The monoisotopic (exact) mass is 273 g/mol. The van der Waals surface area contributed by atoms with Crippen LogP contribution >= 0.6 is 0 Å². The van der Waals surface area contributed by atoms with Gasteiger partial charge in [-0.05, 0) is 0 Å². The maximum Gasteiger partial charge on any atom is 0.417 e. The van der Waals surface area contributed by atoms with Gasteiger partial charge in [-0.1, -0.05) is 0 Å². The van der Waals surface area contributed by atoms with Gasteiger partial charge in [-0.3, -0.25) is 4.79 Å². The topological polar surface area (TPSA) is 51.3 Å². The Kier molecular flexibility index (Phi) is 3.13. The van der Waals surface area contributed by atoms with Crippen molar-refractivity contribution < 1.29 is 22.6 Å². The van der Waals surface area contributed by atoms with Crippen LogP contribution in [0.5, 0.6) is 11.5 Å². The summed E-state index contributed by atoms with van der Waals surface area (Å²) in [6, 6.07) is 3.15. The SMILES string of the molecule is COc1cc(OC)c2c(C(F)(F)F)cc(=O)[nH]c2c1. The average Bonchev–Trinajstić information content (AvgIpc) is 2.34. The molecule has 1 aromatic carbocycles. The second-order valence-corrected chi connectivity index (χ2v) is 3.80. The van der Waals surface area contributed by atoms with Crippen LogP contribution in [0.25, 0.3) is 10.9 Å². The van der Waals surface area contributed by atoms with E-state index < -0.39 is 17.3 Å². The molecule has 0 aliphatic rings. The number of hydrogen-bond donors (Lipinski definition) is 1. The lowest BCUT2D eigenvalue weighted by molar-refractivity contribution is -0.136. The van der Waals surface area contributed by atoms with E-state index in [1.165, 1.54) is 26.4 Å². The molecular formula is C12H10F3NO3. The number of pyridine rings is 1. The van der Waals surface area contributed by atoms with E-state index >= 15 is 0 Å². The van der Waals surface area contributed by atoms with Crippen molar-refractivity contribution >= 4 is 10.9 Å². The number of fused-ring (bicyclic) bond motifs is 1. The third-order valence-electron chi connectivity index (χ3n) is 2.64. The number of alkyl halides is 3. The Hall–Kier alpha value is -2.18. The second-order valence-electron chi connectivity index (χ2n) is 3.80. The fourth-order valence-corrected chi connectivity index (χ4v) is 1.84. The van der Waals surface area contributed by atoms with Gasteiger partial charge in [-0.25, -0.2) is 0 Å². The summed E-state index contributed by atoms with van der Waals surface area (Å²) in [6.45, 7) is 0. The highest BCUT2D eigenvalue weighted by Crippen LogP contribution is 2.39. The summed E-state index contributed by atoms with van der Waals surface area (Å²) >= 11 is 0. The van der Waals surface area contributed by atoms with Crippen LogP contribution in [0.3, 0.4) is 0 Å². The molecule has 0 spiro atoms. The van der Waals surface area contributed by atoms with Gasteiger partial charge in [0.2, 0.25) is 5.56 Å². The van der Waals surface area contributed by atoms with Crippen LogP contribution in [0, 0.1) is 0 Å². The lowest BCUT2D eigenvalue weighted by Gasteiger charge is -2.14. The maximum absolute atomic E-state index is 13.0. The Balaban J connectivity index is 2.94. The van der Waals surface area contributed by atoms with Crippen molar-refractivity contribution in [2.45, 2.75) is 6.18 Å². The van der Waals surface area contributed by atoms with E-state index in [2.05, 4.69) is 4.98 Å². The van der Waals surface area contributed by atoms with Crippen LogP contribution in [0.1, 0.15) is 5.56 Å². The molecule has 7 heteroatoms. The van der Waals surface area contributed by atoms with Gasteiger partial charge in [0.05, 0.1) is 30.7 Å². The van der Waals surface area contributed by atoms with Crippen molar-refractivity contribution in [3.63, 3.8) is 0 Å². The molecule has 0 aliphatic heterocycles. The predicted molar refractivity (Wildman–Crippen MR) is 62.7 cm³/mol. The summed E-state index contributed by atoms with van der Waals surface area (Å²) in [6.07, 6.45) is -4.64. The molecule has 0 aliphatic carbocycles. The number of rotatable bonds is 2. The summed E-state index contributed by atoms with van der Waals surface area (Å²) in [5, 5.41) is -0.199. The summed E-state index contributed by atoms with van der Waals surface area (Å²) < 4.78 is 48.8. The molecule has 0 bridgehead atoms. The van der Waals surface area contributed by atoms with E-state index in [-0.39, 0.29) is 16.7 Å². The van der Waals surface area contributed by atoms with E-state index in [9.17, 15) is 18.0 Å². The van der Waals surface area contributed by atoms with Crippen molar-refractivity contribution in [3.05, 3.63) is 34.1 Å². The lowest BCUT2D eigenvalue weighted by Crippen LogP contribution is -2.14. The minimum atomic E-state index is -4.64. The molecule has 0 radical (unpaired) electrons. The number of nitrogens with one attached hydrogen (secondary N) is 1. The van der Waals surface area contributed by atoms with E-state index in [1.54, 1.807) is 0 Å². The normalized spacial score (nSPS) is 11.6. The molecule has 1 N–H and O–H groups in total. The fraction of sp³-hybridized carbons (Fsp3) is 0.250. The molecule has 19 heavy (non-hydrogen) atoms. The van der Waals surface area contributed by atoms with Crippen LogP contribution in [0.15, 0.2) is 23.0 Å². The van der Waals surface area contributed by atoms with E-state index in [1.807, 2.05) is 0 Å². The summed E-state index contributed by atoms with van der Waals surface area (Å²) in [7, 11) is 2.62. The smallest absolute Gasteiger partial charge is 0.417 e. The molecule has 4 nitrogen and oxygen atoms in total. The van der Waals surface area contributed by atoms with Gasteiger partial charge in [-0.15, -0.1) is 0 Å². The first-order valence-electron chi connectivity index (χ1n) is 5.23. The van der Waals surface area contributed by atoms with E-state index in [0.29, 0.717) is 11.8 Å². The molecule has 2 aromatic rings. The molecule has 0 amide bonds. The van der Waals surface area contributed by atoms with Crippen molar-refractivity contribution in [3.8, 4) is 11.5 Å². The second kappa shape index (κ2) is 4.49. The Bertz CT molecular complexity index is 676. The van der Waals surface area contributed by atoms with Gasteiger partial charge >= 0.3 is 6.18 Å². The van der Waals surface area contributed by atoms with Gasteiger partial charge in [0.1, 0.15) is 11.5 Å². The molecule has 0 saturated heterocycles. The molecule has 1 aromatic heterocycles. The Morgan fingerprint density at radius 2 is 1.79 bits per heavy atom. The molecule has 0 atom stereocenters. The van der Waals surface area contributed by atoms with Gasteiger partial charge in [-0.2, -0.15) is 13.2 Å². The number of methoxy groups -OCH3 is 2. The first-order chi connectivity index (χ1) is 8.86. The van der Waals surface area contributed by atoms with Crippen molar-refractivity contribution in [1.29, 1.82) is 0 Å². The highest BCUT2D eigenvalue weighted by Gasteiger charge is 2.34. The van der Waals surface area contributed by atoms with Crippen LogP contribution in [0.2, 0.25) is 0 Å². The Labute approximate surface area is 105 Å². The third kappa shape index (κ3) is 2.35. The molecule has 102 valence electrons. The van der Waals surface area contributed by atoms with Crippen LogP contribution < -0.4 is 15.0 Å². The fourth-order valence-electron chi connectivity index (χ4n) is 1.84. The molecule has 0 saturated carbocycles. The van der Waals surface area contributed by atoms with Crippen molar-refractivity contribution in [1.82, 2.24) is 4.98 Å². The summed E-state index contributed by atoms with van der Waals surface area (Å²) in [4.78, 5) is 13.6. The molecule has 2 rings (SSSR count). The van der Waals surface area contributed by atoms with Crippen LogP contribution in [-0.4, -0.2) is 19.2 Å². The average molecular weight is 273 g/mol. The first kappa shape index (κ1) is 13.3. The van der Waals surface area contributed by atoms with E-state index in [4.69, 9.17) is 9.47 Å². The van der Waals surface area contributed by atoms with Gasteiger partial charge < -0.3 is 14.5 Å². The Morgan fingerprint density at radius 1 is 1.11 bits per heavy atom. The zero-order valence-electron chi connectivity index (χ0n) is 10.1. The molecular weight excluding hydrogens is 263 g/mol. The van der Waals surface area contributed by atoms with Gasteiger partial charge in [0.15, 0.2) is 0 Å². The number of hydrogen-bond acceptors (Lipinski definition) is 3. The lowest BCUT2D eigenvalue weighted by atomic mass is 10.1. The maximum atomic E-state index is 13.0. The summed E-state index contributed by atoms with van der Waals surface area (Å²) in [5.41, 5.74) is -1.86. The highest BCUT2D eigenvalue weighted by molar-refractivity contribution is 5.90. The molecule has 0 unspecified atom stereocenters. The largest absolute Gasteiger partial charge is 0.497 e. The zero-order chi connectivity index (χ0) is 14.2. The number of ether oxygens (including phenoxy) is 2. The number of aromatic nitrogens is 1. The van der Waals surface area contributed by atoms with Crippen molar-refractivity contribution in [2.24, 2.45) is 0 Å². The number of aromatic amines is 1. The van der Waals surface area contributed by atoms with Gasteiger partial charge in [0, 0.05) is 18.2 Å². The minimum Gasteiger partial charge on any atom is -0.497 e. The van der Waals surface area contributed by atoms with Gasteiger partial charge in [0.25, 0.3) is 0 Å². The van der Waals surface area contributed by atoms with Crippen molar-refractivity contribution in [2.75, 3.05) is 14.2 Å².